The van der Waals surface area contributed by atoms with Crippen molar-refractivity contribution >= 4 is 12.6 Å². The monoisotopic (exact) mass is 387 g/mol. The van der Waals surface area contributed by atoms with Gasteiger partial charge in [0.1, 0.15) is 0 Å². The van der Waals surface area contributed by atoms with Crippen LogP contribution in [0.5, 0.6) is 0 Å². The van der Waals surface area contributed by atoms with Gasteiger partial charge in [0, 0.05) is 19.8 Å². The van der Waals surface area contributed by atoms with E-state index in [1.807, 2.05) is 0 Å². The Morgan fingerprint density at radius 2 is 1.64 bits per heavy atom. The summed E-state index contributed by atoms with van der Waals surface area (Å²) >= 11 is 0. The second-order valence-corrected chi connectivity index (χ2v) is 9.30. The molecular formula is C22H34BNO4. The van der Waals surface area contributed by atoms with Crippen molar-refractivity contribution in [3.63, 3.8) is 0 Å². The summed E-state index contributed by atoms with van der Waals surface area (Å²) in [5.41, 5.74) is 3.19. The molecule has 154 valence electrons. The van der Waals surface area contributed by atoms with Gasteiger partial charge >= 0.3 is 7.12 Å². The number of benzene rings is 1. The third-order valence-electron chi connectivity index (χ3n) is 6.81. The van der Waals surface area contributed by atoms with E-state index in [2.05, 4.69) is 51.2 Å². The van der Waals surface area contributed by atoms with Gasteiger partial charge in [-0.15, -0.1) is 0 Å². The third kappa shape index (κ3) is 4.03. The number of nitrogens with one attached hydrogen (secondary N) is 1. The van der Waals surface area contributed by atoms with Crippen molar-refractivity contribution in [2.24, 2.45) is 0 Å². The average Bonchev–Trinajstić information content (AvgIpc) is 2.87. The molecule has 3 aliphatic rings. The van der Waals surface area contributed by atoms with Crippen LogP contribution in [0.3, 0.4) is 0 Å². The highest BCUT2D eigenvalue weighted by atomic mass is 16.7. The van der Waals surface area contributed by atoms with Crippen LogP contribution in [0.1, 0.15) is 70.0 Å². The van der Waals surface area contributed by atoms with Crippen LogP contribution in [0.2, 0.25) is 0 Å². The zero-order valence-electron chi connectivity index (χ0n) is 17.8. The summed E-state index contributed by atoms with van der Waals surface area (Å²) in [6.45, 7) is 12.6. The highest BCUT2D eigenvalue weighted by molar-refractivity contribution is 6.62. The van der Waals surface area contributed by atoms with Crippen molar-refractivity contribution in [2.75, 3.05) is 33.0 Å². The maximum Gasteiger partial charge on any atom is 0.494 e. The molecule has 1 aromatic carbocycles. The number of hydrogen-bond donors (Lipinski definition) is 1. The minimum absolute atomic E-state index is 0.211. The van der Waals surface area contributed by atoms with Crippen LogP contribution < -0.4 is 10.8 Å². The average molecular weight is 387 g/mol. The number of ether oxygens (including phenoxy) is 2. The molecule has 0 aliphatic carbocycles. The highest BCUT2D eigenvalue weighted by Crippen LogP contribution is 2.37. The summed E-state index contributed by atoms with van der Waals surface area (Å²) in [6.07, 6.45) is 3.22. The van der Waals surface area contributed by atoms with E-state index in [9.17, 15) is 0 Å². The summed E-state index contributed by atoms with van der Waals surface area (Å²) in [4.78, 5) is 0. The topological polar surface area (TPSA) is 49.0 Å². The van der Waals surface area contributed by atoms with Crippen LogP contribution in [0.15, 0.2) is 18.2 Å². The molecule has 0 aromatic heterocycles. The predicted octanol–water partition coefficient (Wildman–Crippen LogP) is 2.93. The van der Waals surface area contributed by atoms with E-state index in [4.69, 9.17) is 18.8 Å². The second-order valence-electron chi connectivity index (χ2n) is 9.30. The van der Waals surface area contributed by atoms with E-state index >= 15 is 0 Å². The highest BCUT2D eigenvalue weighted by Gasteiger charge is 2.51. The number of hydrogen-bond acceptors (Lipinski definition) is 5. The maximum absolute atomic E-state index is 6.31. The van der Waals surface area contributed by atoms with Crippen LogP contribution in [0.25, 0.3) is 0 Å². The van der Waals surface area contributed by atoms with Gasteiger partial charge in [-0.1, -0.05) is 18.2 Å². The summed E-state index contributed by atoms with van der Waals surface area (Å²) < 4.78 is 24.1. The Labute approximate surface area is 169 Å². The smallest absolute Gasteiger partial charge is 0.399 e. The van der Waals surface area contributed by atoms with E-state index in [0.717, 1.165) is 51.1 Å². The molecule has 0 saturated carbocycles. The molecule has 28 heavy (non-hydrogen) atoms. The van der Waals surface area contributed by atoms with Crippen molar-refractivity contribution in [3.05, 3.63) is 29.3 Å². The van der Waals surface area contributed by atoms with Crippen LogP contribution in [-0.2, 0) is 18.8 Å². The van der Waals surface area contributed by atoms with Gasteiger partial charge in [-0.05, 0) is 76.0 Å². The molecule has 5 nitrogen and oxygen atoms in total. The lowest BCUT2D eigenvalue weighted by Crippen LogP contribution is -2.41. The van der Waals surface area contributed by atoms with Crippen molar-refractivity contribution in [3.8, 4) is 0 Å². The molecule has 1 N–H and O–H groups in total. The fourth-order valence-electron chi connectivity index (χ4n) is 4.31. The molecule has 3 saturated heterocycles. The van der Waals surface area contributed by atoms with Crippen LogP contribution in [-0.4, -0.2) is 51.3 Å². The Hall–Kier alpha value is -0.915. The molecule has 1 atom stereocenters. The Bertz CT molecular complexity index is 663. The zero-order valence-corrected chi connectivity index (χ0v) is 17.8. The quantitative estimate of drug-likeness (QED) is 0.809. The molecule has 1 aromatic rings. The van der Waals surface area contributed by atoms with Gasteiger partial charge in [-0.2, -0.15) is 0 Å². The normalized spacial score (nSPS) is 28.3. The molecule has 3 heterocycles. The third-order valence-corrected chi connectivity index (χ3v) is 6.81. The molecule has 0 bridgehead atoms. The molecule has 3 fully saturated rings. The summed E-state index contributed by atoms with van der Waals surface area (Å²) in [6, 6.07) is 6.98. The maximum atomic E-state index is 6.31. The first kappa shape index (κ1) is 20.4. The van der Waals surface area contributed by atoms with Crippen LogP contribution in [0, 0.1) is 0 Å². The molecule has 6 heteroatoms. The molecular weight excluding hydrogens is 353 g/mol. The van der Waals surface area contributed by atoms with Gasteiger partial charge in [0.25, 0.3) is 0 Å². The van der Waals surface area contributed by atoms with E-state index in [-0.39, 0.29) is 24.4 Å². The molecule has 0 radical (unpaired) electrons. The Kier molecular flexibility index (Phi) is 5.87. The Morgan fingerprint density at radius 3 is 2.36 bits per heavy atom. The summed E-state index contributed by atoms with van der Waals surface area (Å²) in [5, 5.41) is 3.69. The van der Waals surface area contributed by atoms with Crippen LogP contribution in [0.4, 0.5) is 0 Å². The van der Waals surface area contributed by atoms with E-state index in [1.54, 1.807) is 0 Å². The molecule has 3 aliphatic heterocycles. The minimum Gasteiger partial charge on any atom is -0.399 e. The van der Waals surface area contributed by atoms with Crippen molar-refractivity contribution < 1.29 is 18.8 Å². The van der Waals surface area contributed by atoms with Gasteiger partial charge < -0.3 is 24.1 Å². The number of rotatable bonds is 3. The first-order chi connectivity index (χ1) is 13.4. The van der Waals surface area contributed by atoms with Crippen LogP contribution >= 0.6 is 0 Å². The van der Waals surface area contributed by atoms with Crippen molar-refractivity contribution in [1.29, 1.82) is 0 Å². The van der Waals surface area contributed by atoms with E-state index < -0.39 is 0 Å². The lowest BCUT2D eigenvalue weighted by molar-refractivity contribution is 0.00578. The molecule has 4 rings (SSSR count). The first-order valence-electron chi connectivity index (χ1n) is 10.8. The lowest BCUT2D eigenvalue weighted by Gasteiger charge is -2.32. The largest absolute Gasteiger partial charge is 0.494 e. The Morgan fingerprint density at radius 1 is 0.929 bits per heavy atom. The van der Waals surface area contributed by atoms with Gasteiger partial charge in [0.2, 0.25) is 0 Å². The fourth-order valence-corrected chi connectivity index (χ4v) is 4.31. The van der Waals surface area contributed by atoms with E-state index in [0.29, 0.717) is 12.5 Å². The standard InChI is InChI=1S/C22H34BNO4/c1-21(2)22(3,4)28-23(27-21)17-6-7-18(16-8-12-25-13-9-16)19(14-17)20-15-26-11-5-10-24-20/h6-7,14,16,20,24H,5,8-13,15H2,1-4H3. The first-order valence-corrected chi connectivity index (χ1v) is 10.8. The zero-order chi connectivity index (χ0) is 19.8. The summed E-state index contributed by atoms with van der Waals surface area (Å²) in [5.74, 6) is 0.543. The predicted molar refractivity (Wildman–Crippen MR) is 111 cm³/mol. The van der Waals surface area contributed by atoms with Crippen molar-refractivity contribution in [2.45, 2.75) is 70.1 Å². The van der Waals surface area contributed by atoms with E-state index in [1.165, 1.54) is 11.1 Å². The van der Waals surface area contributed by atoms with Gasteiger partial charge in [0.15, 0.2) is 0 Å². The lowest BCUT2D eigenvalue weighted by atomic mass is 9.75. The second kappa shape index (κ2) is 8.08. The van der Waals surface area contributed by atoms with Crippen molar-refractivity contribution in [1.82, 2.24) is 5.32 Å². The van der Waals surface area contributed by atoms with Gasteiger partial charge in [0.05, 0.1) is 23.9 Å². The summed E-state index contributed by atoms with van der Waals surface area (Å²) in [7, 11) is -0.334. The van der Waals surface area contributed by atoms with Gasteiger partial charge in [-0.3, -0.25) is 0 Å². The SMILES string of the molecule is CC1(C)OB(c2ccc(C3CCOCC3)c(C3COCCCN3)c2)OC1(C)C. The molecule has 0 amide bonds. The minimum atomic E-state index is -0.334. The van der Waals surface area contributed by atoms with Gasteiger partial charge in [-0.25, -0.2) is 0 Å². The Balaban J connectivity index is 1.67. The molecule has 1 unspecified atom stereocenters. The fraction of sp³-hybridized carbons (Fsp3) is 0.727. The molecule has 0 spiro atoms.